The summed E-state index contributed by atoms with van der Waals surface area (Å²) in [6, 6.07) is 5.40. The zero-order valence-electron chi connectivity index (χ0n) is 12.6. The standard InChI is InChI=1S/C15H20N4O2/c1-4-19(5-2)14(20)13-9-11(3)17-15(18-13)16-10-12-7-6-8-21-12/h6-9H,4-5,10H2,1-3H3,(H,16,17,18). The van der Waals surface area contributed by atoms with Crippen LogP contribution in [0.2, 0.25) is 0 Å². The van der Waals surface area contributed by atoms with E-state index in [1.165, 1.54) is 0 Å². The molecule has 0 bridgehead atoms. The fourth-order valence-electron chi connectivity index (χ4n) is 2.01. The molecule has 2 aromatic heterocycles. The predicted molar refractivity (Wildman–Crippen MR) is 80.1 cm³/mol. The van der Waals surface area contributed by atoms with Gasteiger partial charge >= 0.3 is 0 Å². The van der Waals surface area contributed by atoms with Crippen LogP contribution < -0.4 is 5.32 Å². The van der Waals surface area contributed by atoms with Gasteiger partial charge in [-0.3, -0.25) is 4.79 Å². The number of furan rings is 1. The van der Waals surface area contributed by atoms with Crippen molar-refractivity contribution in [1.29, 1.82) is 0 Å². The van der Waals surface area contributed by atoms with E-state index in [4.69, 9.17) is 4.42 Å². The molecule has 0 aromatic carbocycles. The molecule has 2 heterocycles. The first-order chi connectivity index (χ1) is 10.1. The molecule has 0 aliphatic carbocycles. The second kappa shape index (κ2) is 6.88. The molecule has 0 atom stereocenters. The number of rotatable bonds is 6. The topological polar surface area (TPSA) is 71.3 Å². The first kappa shape index (κ1) is 15.0. The van der Waals surface area contributed by atoms with Crippen molar-refractivity contribution in [3.05, 3.63) is 41.6 Å². The summed E-state index contributed by atoms with van der Waals surface area (Å²) in [5.74, 6) is 1.14. The highest BCUT2D eigenvalue weighted by Gasteiger charge is 2.15. The van der Waals surface area contributed by atoms with Gasteiger partial charge in [0.25, 0.3) is 5.91 Å². The first-order valence-electron chi connectivity index (χ1n) is 7.05. The van der Waals surface area contributed by atoms with Crippen LogP contribution in [-0.2, 0) is 6.54 Å². The van der Waals surface area contributed by atoms with Gasteiger partial charge in [0.05, 0.1) is 12.8 Å². The van der Waals surface area contributed by atoms with E-state index < -0.39 is 0 Å². The lowest BCUT2D eigenvalue weighted by Gasteiger charge is -2.18. The van der Waals surface area contributed by atoms with Crippen molar-refractivity contribution >= 4 is 11.9 Å². The maximum absolute atomic E-state index is 12.3. The minimum Gasteiger partial charge on any atom is -0.467 e. The molecule has 0 unspecified atom stereocenters. The number of nitrogens with one attached hydrogen (secondary N) is 1. The van der Waals surface area contributed by atoms with E-state index in [-0.39, 0.29) is 5.91 Å². The number of nitrogens with zero attached hydrogens (tertiary/aromatic N) is 3. The summed E-state index contributed by atoms with van der Waals surface area (Å²) in [7, 11) is 0. The highest BCUT2D eigenvalue weighted by molar-refractivity contribution is 5.92. The number of aromatic nitrogens is 2. The van der Waals surface area contributed by atoms with E-state index in [0.717, 1.165) is 11.5 Å². The molecule has 0 aliphatic rings. The van der Waals surface area contributed by atoms with Gasteiger partial charge in [-0.1, -0.05) is 0 Å². The largest absolute Gasteiger partial charge is 0.467 e. The molecule has 21 heavy (non-hydrogen) atoms. The second-order valence-electron chi connectivity index (χ2n) is 4.63. The highest BCUT2D eigenvalue weighted by atomic mass is 16.3. The minimum absolute atomic E-state index is 0.0773. The molecule has 0 aliphatic heterocycles. The van der Waals surface area contributed by atoms with Crippen LogP contribution in [-0.4, -0.2) is 33.9 Å². The molecule has 1 N–H and O–H groups in total. The van der Waals surface area contributed by atoms with Crippen molar-refractivity contribution in [2.45, 2.75) is 27.3 Å². The molecule has 112 valence electrons. The minimum atomic E-state index is -0.0773. The van der Waals surface area contributed by atoms with Gasteiger partial charge < -0.3 is 14.6 Å². The van der Waals surface area contributed by atoms with Crippen molar-refractivity contribution in [2.24, 2.45) is 0 Å². The zero-order valence-corrected chi connectivity index (χ0v) is 12.6. The molecule has 0 saturated carbocycles. The Morgan fingerprint density at radius 2 is 2.10 bits per heavy atom. The van der Waals surface area contributed by atoms with E-state index in [0.29, 0.717) is 31.3 Å². The van der Waals surface area contributed by atoms with E-state index in [2.05, 4.69) is 15.3 Å². The maximum Gasteiger partial charge on any atom is 0.272 e. The van der Waals surface area contributed by atoms with Gasteiger partial charge in [0.1, 0.15) is 11.5 Å². The van der Waals surface area contributed by atoms with Gasteiger partial charge in [-0.15, -0.1) is 0 Å². The van der Waals surface area contributed by atoms with Gasteiger partial charge in [0.15, 0.2) is 0 Å². The fourth-order valence-corrected chi connectivity index (χ4v) is 2.01. The Kier molecular flexibility index (Phi) is 4.92. The number of aryl methyl sites for hydroxylation is 1. The van der Waals surface area contributed by atoms with Gasteiger partial charge in [0, 0.05) is 18.8 Å². The third-order valence-corrected chi connectivity index (χ3v) is 3.12. The normalized spacial score (nSPS) is 10.4. The van der Waals surface area contributed by atoms with Gasteiger partial charge in [-0.2, -0.15) is 0 Å². The van der Waals surface area contributed by atoms with E-state index in [1.54, 1.807) is 17.2 Å². The molecule has 6 nitrogen and oxygen atoms in total. The monoisotopic (exact) mass is 288 g/mol. The van der Waals surface area contributed by atoms with Crippen LogP contribution >= 0.6 is 0 Å². The third kappa shape index (κ3) is 3.81. The van der Waals surface area contributed by atoms with Crippen molar-refractivity contribution in [1.82, 2.24) is 14.9 Å². The SMILES string of the molecule is CCN(CC)C(=O)c1cc(C)nc(NCc2ccco2)n1. The Morgan fingerprint density at radius 1 is 1.33 bits per heavy atom. The second-order valence-corrected chi connectivity index (χ2v) is 4.63. The Bertz CT molecular complexity index is 592. The summed E-state index contributed by atoms with van der Waals surface area (Å²) in [5, 5.41) is 3.07. The summed E-state index contributed by atoms with van der Waals surface area (Å²) in [6.45, 7) is 7.55. The first-order valence-corrected chi connectivity index (χ1v) is 7.05. The van der Waals surface area contributed by atoms with Crippen LogP contribution in [0.15, 0.2) is 28.9 Å². The van der Waals surface area contributed by atoms with Crippen LogP contribution in [0, 0.1) is 6.92 Å². The van der Waals surface area contributed by atoms with E-state index in [9.17, 15) is 4.79 Å². The molecule has 2 rings (SSSR count). The highest BCUT2D eigenvalue weighted by Crippen LogP contribution is 2.10. The van der Waals surface area contributed by atoms with Gasteiger partial charge in [-0.25, -0.2) is 9.97 Å². The third-order valence-electron chi connectivity index (χ3n) is 3.12. The van der Waals surface area contributed by atoms with Crippen molar-refractivity contribution in [3.8, 4) is 0 Å². The van der Waals surface area contributed by atoms with Crippen LogP contribution in [0.25, 0.3) is 0 Å². The Morgan fingerprint density at radius 3 is 2.71 bits per heavy atom. The number of anilines is 1. The van der Waals surface area contributed by atoms with Crippen LogP contribution in [0.4, 0.5) is 5.95 Å². The Balaban J connectivity index is 2.14. The van der Waals surface area contributed by atoms with Crippen LogP contribution in [0.1, 0.15) is 35.8 Å². The van der Waals surface area contributed by atoms with Crippen LogP contribution in [0.5, 0.6) is 0 Å². The summed E-state index contributed by atoms with van der Waals surface area (Å²) in [6.07, 6.45) is 1.61. The summed E-state index contributed by atoms with van der Waals surface area (Å²) >= 11 is 0. The molecule has 6 heteroatoms. The summed E-state index contributed by atoms with van der Waals surface area (Å²) < 4.78 is 5.24. The van der Waals surface area contributed by atoms with Gasteiger partial charge in [-0.05, 0) is 39.0 Å². The molecular formula is C15H20N4O2. The Labute approximate surface area is 124 Å². The average molecular weight is 288 g/mol. The summed E-state index contributed by atoms with van der Waals surface area (Å²) in [4.78, 5) is 22.7. The molecule has 0 fully saturated rings. The molecule has 0 saturated heterocycles. The van der Waals surface area contributed by atoms with Crippen LogP contribution in [0.3, 0.4) is 0 Å². The molecule has 0 radical (unpaired) electrons. The van der Waals surface area contributed by atoms with E-state index >= 15 is 0 Å². The fraction of sp³-hybridized carbons (Fsp3) is 0.400. The molecular weight excluding hydrogens is 268 g/mol. The number of carbonyl (C=O) groups excluding carboxylic acids is 1. The average Bonchev–Trinajstić information content (AvgIpc) is 2.99. The quantitative estimate of drug-likeness (QED) is 0.884. The predicted octanol–water partition coefficient (Wildman–Crippen LogP) is 2.47. The van der Waals surface area contributed by atoms with Crippen molar-refractivity contribution < 1.29 is 9.21 Å². The Hall–Kier alpha value is -2.37. The lowest BCUT2D eigenvalue weighted by Crippen LogP contribution is -2.31. The van der Waals surface area contributed by atoms with Gasteiger partial charge in [0.2, 0.25) is 5.95 Å². The van der Waals surface area contributed by atoms with Crippen molar-refractivity contribution in [3.63, 3.8) is 0 Å². The molecule has 2 aromatic rings. The number of hydrogen-bond acceptors (Lipinski definition) is 5. The maximum atomic E-state index is 12.3. The number of carbonyl (C=O) groups is 1. The summed E-state index contributed by atoms with van der Waals surface area (Å²) in [5.41, 5.74) is 1.16. The zero-order chi connectivity index (χ0) is 15.2. The lowest BCUT2D eigenvalue weighted by molar-refractivity contribution is 0.0767. The smallest absolute Gasteiger partial charge is 0.272 e. The van der Waals surface area contributed by atoms with Crippen molar-refractivity contribution in [2.75, 3.05) is 18.4 Å². The molecule has 1 amide bonds. The lowest BCUT2D eigenvalue weighted by atomic mass is 10.3. The molecule has 0 spiro atoms. The number of amides is 1. The van der Waals surface area contributed by atoms with E-state index in [1.807, 2.05) is 32.9 Å². The number of hydrogen-bond donors (Lipinski definition) is 1.